The van der Waals surface area contributed by atoms with E-state index in [1.54, 1.807) is 0 Å². The number of halogens is 1. The van der Waals surface area contributed by atoms with Crippen molar-refractivity contribution >= 4 is 34.1 Å². The molecule has 3 aliphatic rings. The van der Waals surface area contributed by atoms with Crippen LogP contribution in [0.2, 0.25) is 5.02 Å². The molecule has 2 saturated heterocycles. The summed E-state index contributed by atoms with van der Waals surface area (Å²) in [5.41, 5.74) is 3.95. The number of rotatable bonds is 6. The van der Waals surface area contributed by atoms with Crippen LogP contribution in [0.25, 0.3) is 10.9 Å². The van der Waals surface area contributed by atoms with E-state index in [0.717, 1.165) is 74.3 Å². The second kappa shape index (κ2) is 8.98. The minimum atomic E-state index is -0.428. The number of anilines is 1. The number of piperidine rings is 1. The number of nitriles is 1. The fraction of sp³-hybridized carbons (Fsp3) is 0.429. The number of hydrogen-bond acceptors (Lipinski definition) is 4. The molecule has 0 unspecified atom stereocenters. The molecule has 35 heavy (non-hydrogen) atoms. The molecule has 3 aromatic rings. The van der Waals surface area contributed by atoms with Crippen molar-refractivity contribution in [1.82, 2.24) is 14.8 Å². The highest BCUT2D eigenvalue weighted by molar-refractivity contribution is 6.31. The fourth-order valence-corrected chi connectivity index (χ4v) is 6.49. The molecule has 3 aliphatic heterocycles. The van der Waals surface area contributed by atoms with Crippen molar-refractivity contribution in [1.29, 1.82) is 5.26 Å². The van der Waals surface area contributed by atoms with Crippen LogP contribution < -0.4 is 10.2 Å². The van der Waals surface area contributed by atoms with E-state index in [2.05, 4.69) is 45.1 Å². The van der Waals surface area contributed by atoms with Crippen molar-refractivity contribution in [3.05, 3.63) is 64.8 Å². The van der Waals surface area contributed by atoms with Crippen LogP contribution in [0, 0.1) is 11.3 Å². The zero-order valence-corrected chi connectivity index (χ0v) is 20.6. The van der Waals surface area contributed by atoms with Crippen molar-refractivity contribution in [2.24, 2.45) is 0 Å². The molecule has 0 atom stereocenters. The minimum absolute atomic E-state index is 0.218. The highest BCUT2D eigenvalue weighted by Crippen LogP contribution is 2.49. The highest BCUT2D eigenvalue weighted by Gasteiger charge is 2.58. The van der Waals surface area contributed by atoms with E-state index in [0.29, 0.717) is 24.0 Å². The van der Waals surface area contributed by atoms with Crippen molar-refractivity contribution in [3.63, 3.8) is 0 Å². The summed E-state index contributed by atoms with van der Waals surface area (Å²) >= 11 is 6.28. The number of likely N-dealkylation sites (tertiary alicyclic amines) is 1. The Morgan fingerprint density at radius 1 is 1.11 bits per heavy atom. The zero-order valence-electron chi connectivity index (χ0n) is 19.8. The summed E-state index contributed by atoms with van der Waals surface area (Å²) in [6.45, 7) is 5.00. The van der Waals surface area contributed by atoms with Crippen LogP contribution in [0.15, 0.2) is 48.5 Å². The van der Waals surface area contributed by atoms with Crippen LogP contribution in [-0.4, -0.2) is 47.6 Å². The van der Waals surface area contributed by atoms with Gasteiger partial charge in [0.2, 0.25) is 5.91 Å². The van der Waals surface area contributed by atoms with Gasteiger partial charge in [-0.15, -0.1) is 0 Å². The fourth-order valence-electron chi connectivity index (χ4n) is 6.31. The molecule has 1 aromatic heterocycles. The zero-order chi connectivity index (χ0) is 24.0. The van der Waals surface area contributed by atoms with Crippen LogP contribution >= 0.6 is 11.6 Å². The standard InChI is InChI=1S/C28H30ClN5O/c29-21-7-8-25-20(15-21)16-23(33(25)14-4-3-11-30)17-34-26-6-2-1-5-24(26)28(27(34)35)18-32(19-28)22-9-12-31-13-10-22/h1-2,5-8,15-16,22,31H,3-4,9-10,12-14,17-19H2. The number of aromatic nitrogens is 1. The van der Waals surface area contributed by atoms with Gasteiger partial charge in [0.25, 0.3) is 0 Å². The second-order valence-corrected chi connectivity index (χ2v) is 10.6. The molecule has 4 heterocycles. The Labute approximate surface area is 211 Å². The summed E-state index contributed by atoms with van der Waals surface area (Å²) in [5.74, 6) is 0.218. The number of amides is 1. The number of nitrogens with one attached hydrogen (secondary N) is 1. The molecule has 7 heteroatoms. The lowest BCUT2D eigenvalue weighted by Gasteiger charge is -2.51. The molecule has 1 spiro atoms. The van der Waals surface area contributed by atoms with Crippen LogP contribution in [0.1, 0.15) is 36.9 Å². The molecule has 6 rings (SSSR count). The topological polar surface area (TPSA) is 64.3 Å². The molecular formula is C28H30ClN5O. The van der Waals surface area contributed by atoms with Gasteiger partial charge in [-0.25, -0.2) is 0 Å². The third-order valence-electron chi connectivity index (χ3n) is 8.08. The van der Waals surface area contributed by atoms with Gasteiger partial charge in [-0.05, 0) is 68.2 Å². The average Bonchev–Trinajstić information content (AvgIpc) is 3.31. The Morgan fingerprint density at radius 2 is 1.91 bits per heavy atom. The van der Waals surface area contributed by atoms with Gasteiger partial charge >= 0.3 is 0 Å². The van der Waals surface area contributed by atoms with E-state index in [-0.39, 0.29) is 5.91 Å². The summed E-state index contributed by atoms with van der Waals surface area (Å²) < 4.78 is 2.26. The van der Waals surface area contributed by atoms with E-state index in [4.69, 9.17) is 16.9 Å². The van der Waals surface area contributed by atoms with Crippen molar-refractivity contribution in [2.45, 2.75) is 50.2 Å². The normalized spacial score (nSPS) is 19.8. The maximum atomic E-state index is 14.1. The summed E-state index contributed by atoms with van der Waals surface area (Å²) in [5, 5.41) is 14.3. The number of nitrogens with zero attached hydrogens (tertiary/aromatic N) is 4. The number of unbranched alkanes of at least 4 members (excludes halogenated alkanes) is 1. The number of carbonyl (C=O) groups excluding carboxylic acids is 1. The molecule has 180 valence electrons. The van der Waals surface area contributed by atoms with Crippen LogP contribution in [0.4, 0.5) is 5.69 Å². The van der Waals surface area contributed by atoms with E-state index < -0.39 is 5.41 Å². The predicted octanol–water partition coefficient (Wildman–Crippen LogP) is 4.45. The maximum Gasteiger partial charge on any atom is 0.240 e. The van der Waals surface area contributed by atoms with E-state index in [1.165, 1.54) is 5.56 Å². The molecule has 0 aliphatic carbocycles. The third-order valence-corrected chi connectivity index (χ3v) is 8.31. The predicted molar refractivity (Wildman–Crippen MR) is 139 cm³/mol. The van der Waals surface area contributed by atoms with Gasteiger partial charge in [0.1, 0.15) is 5.41 Å². The number of carbonyl (C=O) groups is 1. The van der Waals surface area contributed by atoms with Gasteiger partial charge in [-0.3, -0.25) is 9.69 Å². The Bertz CT molecular complexity index is 1310. The van der Waals surface area contributed by atoms with Crippen molar-refractivity contribution < 1.29 is 4.79 Å². The number of aryl methyl sites for hydroxylation is 1. The second-order valence-electron chi connectivity index (χ2n) is 10.1. The average molecular weight is 488 g/mol. The first-order valence-electron chi connectivity index (χ1n) is 12.6. The molecular weight excluding hydrogens is 458 g/mol. The SMILES string of the molecule is N#CCCCn1c(CN2C(=O)C3(CN(C4CCNCC4)C3)c3ccccc32)cc2cc(Cl)ccc21. The van der Waals surface area contributed by atoms with Crippen LogP contribution in [0.3, 0.4) is 0 Å². The smallest absolute Gasteiger partial charge is 0.240 e. The van der Waals surface area contributed by atoms with E-state index in [1.807, 2.05) is 29.2 Å². The van der Waals surface area contributed by atoms with Gasteiger partial charge in [0.15, 0.2) is 0 Å². The van der Waals surface area contributed by atoms with Crippen molar-refractivity contribution in [3.8, 4) is 6.07 Å². The van der Waals surface area contributed by atoms with Gasteiger partial charge < -0.3 is 14.8 Å². The summed E-state index contributed by atoms with van der Waals surface area (Å²) in [6.07, 6.45) is 3.59. The van der Waals surface area contributed by atoms with Gasteiger partial charge in [-0.2, -0.15) is 5.26 Å². The number of hydrogen-bond donors (Lipinski definition) is 1. The molecule has 6 nitrogen and oxygen atoms in total. The van der Waals surface area contributed by atoms with Gasteiger partial charge in [-0.1, -0.05) is 29.8 Å². The summed E-state index contributed by atoms with van der Waals surface area (Å²) in [7, 11) is 0. The molecule has 0 saturated carbocycles. The van der Waals surface area contributed by atoms with Crippen molar-refractivity contribution in [2.75, 3.05) is 31.1 Å². The monoisotopic (exact) mass is 487 g/mol. The van der Waals surface area contributed by atoms with Crippen LogP contribution in [-0.2, 0) is 23.3 Å². The Balaban J connectivity index is 1.32. The Kier molecular flexibility index (Phi) is 5.80. The largest absolute Gasteiger partial charge is 0.343 e. The molecule has 0 bridgehead atoms. The van der Waals surface area contributed by atoms with E-state index >= 15 is 0 Å². The number of benzene rings is 2. The minimum Gasteiger partial charge on any atom is -0.343 e. The summed E-state index contributed by atoms with van der Waals surface area (Å²) in [4.78, 5) is 18.6. The quantitative estimate of drug-likeness (QED) is 0.522. The van der Waals surface area contributed by atoms with Crippen LogP contribution in [0.5, 0.6) is 0 Å². The van der Waals surface area contributed by atoms with Gasteiger partial charge in [0, 0.05) is 59.4 Å². The molecule has 1 amide bonds. The lowest BCUT2D eigenvalue weighted by atomic mass is 9.73. The molecule has 2 fully saturated rings. The first kappa shape index (κ1) is 22.6. The maximum absolute atomic E-state index is 14.1. The Morgan fingerprint density at radius 3 is 2.71 bits per heavy atom. The Hall–Kier alpha value is -2.85. The highest BCUT2D eigenvalue weighted by atomic mass is 35.5. The molecule has 0 radical (unpaired) electrons. The lowest BCUT2D eigenvalue weighted by Crippen LogP contribution is -2.67. The van der Waals surface area contributed by atoms with E-state index in [9.17, 15) is 4.79 Å². The number of fused-ring (bicyclic) bond motifs is 3. The number of para-hydroxylation sites is 1. The lowest BCUT2D eigenvalue weighted by molar-refractivity contribution is -0.131. The molecule has 2 aromatic carbocycles. The first-order valence-corrected chi connectivity index (χ1v) is 13.0. The third kappa shape index (κ3) is 3.74. The molecule has 1 N–H and O–H groups in total. The first-order chi connectivity index (χ1) is 17.1. The summed E-state index contributed by atoms with van der Waals surface area (Å²) in [6, 6.07) is 19.2. The van der Waals surface area contributed by atoms with Gasteiger partial charge in [0.05, 0.1) is 12.6 Å².